The van der Waals surface area contributed by atoms with Gasteiger partial charge in [-0.25, -0.2) is 0 Å². The second kappa shape index (κ2) is 8.36. The quantitative estimate of drug-likeness (QED) is 0.706. The summed E-state index contributed by atoms with van der Waals surface area (Å²) in [4.78, 5) is 15.0. The molecule has 1 amide bonds. The van der Waals surface area contributed by atoms with Gasteiger partial charge in [0, 0.05) is 12.5 Å². The van der Waals surface area contributed by atoms with Gasteiger partial charge in [-0.1, -0.05) is 19.1 Å². The Hall–Kier alpha value is -2.69. The molecule has 0 spiro atoms. The molecule has 29 heavy (non-hydrogen) atoms. The van der Waals surface area contributed by atoms with Gasteiger partial charge in [-0.15, -0.1) is 0 Å². The molecule has 0 unspecified atom stereocenters. The summed E-state index contributed by atoms with van der Waals surface area (Å²) in [6, 6.07) is 12.1. The summed E-state index contributed by atoms with van der Waals surface area (Å²) < 4.78 is 17.1. The van der Waals surface area contributed by atoms with Gasteiger partial charge in [-0.05, 0) is 66.6 Å². The summed E-state index contributed by atoms with van der Waals surface area (Å²) >= 11 is 0. The fourth-order valence-corrected chi connectivity index (χ4v) is 4.03. The third-order valence-corrected chi connectivity index (χ3v) is 5.95. The molecule has 0 aromatic heterocycles. The zero-order valence-electron chi connectivity index (χ0n) is 17.4. The minimum Gasteiger partial charge on any atom is -0.493 e. The van der Waals surface area contributed by atoms with Crippen molar-refractivity contribution in [1.82, 2.24) is 4.90 Å². The van der Waals surface area contributed by atoms with Crippen LogP contribution < -0.4 is 14.2 Å². The predicted octanol–water partition coefficient (Wildman–Crippen LogP) is 4.18. The SMILES string of the molecule is CCc1ccc(OC[C@H]2c3cc(OC)c(OC)cc3CCN2C(=O)C2CC2)cc1. The van der Waals surface area contributed by atoms with E-state index in [-0.39, 0.29) is 17.9 Å². The summed E-state index contributed by atoms with van der Waals surface area (Å²) in [7, 11) is 3.29. The van der Waals surface area contributed by atoms with Crippen LogP contribution in [0.1, 0.15) is 42.5 Å². The highest BCUT2D eigenvalue weighted by Gasteiger charge is 2.39. The van der Waals surface area contributed by atoms with E-state index in [1.165, 1.54) is 11.1 Å². The monoisotopic (exact) mass is 395 g/mol. The van der Waals surface area contributed by atoms with Crippen molar-refractivity contribution in [3.05, 3.63) is 53.1 Å². The van der Waals surface area contributed by atoms with Crippen LogP contribution in [0.25, 0.3) is 0 Å². The van der Waals surface area contributed by atoms with Crippen molar-refractivity contribution < 1.29 is 19.0 Å². The summed E-state index contributed by atoms with van der Waals surface area (Å²) in [6.45, 7) is 3.27. The number of methoxy groups -OCH3 is 2. The molecular formula is C24H29NO4. The fourth-order valence-electron chi connectivity index (χ4n) is 4.03. The molecule has 1 aliphatic carbocycles. The van der Waals surface area contributed by atoms with Crippen LogP contribution in [0.15, 0.2) is 36.4 Å². The number of fused-ring (bicyclic) bond motifs is 1. The van der Waals surface area contributed by atoms with Crippen LogP contribution in [0.2, 0.25) is 0 Å². The Kier molecular flexibility index (Phi) is 5.65. The van der Waals surface area contributed by atoms with Gasteiger partial charge in [0.25, 0.3) is 0 Å². The van der Waals surface area contributed by atoms with Crippen LogP contribution >= 0.6 is 0 Å². The second-order valence-electron chi connectivity index (χ2n) is 7.79. The Balaban J connectivity index is 1.63. The average molecular weight is 395 g/mol. The molecule has 1 heterocycles. The number of aryl methyl sites for hydroxylation is 1. The first kappa shape index (κ1) is 19.6. The number of carbonyl (C=O) groups is 1. The summed E-state index contributed by atoms with van der Waals surface area (Å²) in [5, 5.41) is 0. The molecule has 0 bridgehead atoms. The average Bonchev–Trinajstić information content (AvgIpc) is 3.61. The number of nitrogens with zero attached hydrogens (tertiary/aromatic N) is 1. The van der Waals surface area contributed by atoms with Crippen molar-refractivity contribution in [3.8, 4) is 17.2 Å². The molecule has 2 aromatic carbocycles. The number of hydrogen-bond donors (Lipinski definition) is 0. The van der Waals surface area contributed by atoms with Gasteiger partial charge in [-0.3, -0.25) is 4.79 Å². The molecular weight excluding hydrogens is 366 g/mol. The zero-order chi connectivity index (χ0) is 20.4. The lowest BCUT2D eigenvalue weighted by Gasteiger charge is -2.37. The van der Waals surface area contributed by atoms with Gasteiger partial charge in [0.2, 0.25) is 5.91 Å². The Morgan fingerprint density at radius 3 is 2.38 bits per heavy atom. The number of ether oxygens (including phenoxy) is 3. The van der Waals surface area contributed by atoms with Crippen LogP contribution in [0.5, 0.6) is 17.2 Å². The van der Waals surface area contributed by atoms with Gasteiger partial charge in [0.1, 0.15) is 12.4 Å². The highest BCUT2D eigenvalue weighted by atomic mass is 16.5. The zero-order valence-corrected chi connectivity index (χ0v) is 17.4. The van der Waals surface area contributed by atoms with E-state index in [0.717, 1.165) is 42.7 Å². The maximum Gasteiger partial charge on any atom is 0.226 e. The summed E-state index contributed by atoms with van der Waals surface area (Å²) in [5.74, 6) is 2.67. The van der Waals surface area contributed by atoms with E-state index in [1.807, 2.05) is 29.2 Å². The molecule has 0 N–H and O–H groups in total. The first-order chi connectivity index (χ1) is 14.1. The van der Waals surface area contributed by atoms with E-state index in [9.17, 15) is 4.79 Å². The Labute approximate surface area is 172 Å². The Bertz CT molecular complexity index is 873. The molecule has 0 saturated heterocycles. The van der Waals surface area contributed by atoms with Crippen LogP contribution in [-0.4, -0.2) is 38.2 Å². The highest BCUT2D eigenvalue weighted by Crippen LogP contribution is 2.41. The molecule has 0 radical (unpaired) electrons. The lowest BCUT2D eigenvalue weighted by atomic mass is 9.91. The Morgan fingerprint density at radius 1 is 1.07 bits per heavy atom. The first-order valence-electron chi connectivity index (χ1n) is 10.4. The summed E-state index contributed by atoms with van der Waals surface area (Å²) in [6.07, 6.45) is 3.82. The standard InChI is InChI=1S/C24H29NO4/c1-4-16-5-9-19(10-6-16)29-15-21-20-14-23(28-3)22(27-2)13-18(20)11-12-25(21)24(26)17-7-8-17/h5-6,9-10,13-14,17,21H,4,7-8,11-12,15H2,1-3H3/t21-/m0/s1. The lowest BCUT2D eigenvalue weighted by Crippen LogP contribution is -2.43. The van der Waals surface area contributed by atoms with E-state index in [1.54, 1.807) is 14.2 Å². The molecule has 2 aliphatic rings. The molecule has 154 valence electrons. The molecule has 5 heteroatoms. The third kappa shape index (κ3) is 4.04. The van der Waals surface area contributed by atoms with Crippen LogP contribution in [0.4, 0.5) is 0 Å². The topological polar surface area (TPSA) is 48.0 Å². The molecule has 4 rings (SSSR count). The van der Waals surface area contributed by atoms with Crippen molar-refractivity contribution in [2.45, 2.75) is 38.6 Å². The van der Waals surface area contributed by atoms with Crippen molar-refractivity contribution in [3.63, 3.8) is 0 Å². The van der Waals surface area contributed by atoms with Crippen LogP contribution in [-0.2, 0) is 17.6 Å². The number of hydrogen-bond acceptors (Lipinski definition) is 4. The second-order valence-corrected chi connectivity index (χ2v) is 7.79. The normalized spacial score (nSPS) is 18.2. The number of rotatable bonds is 7. The number of carbonyl (C=O) groups excluding carboxylic acids is 1. The maximum absolute atomic E-state index is 13.0. The number of benzene rings is 2. The van der Waals surface area contributed by atoms with Crippen molar-refractivity contribution in [2.24, 2.45) is 5.92 Å². The van der Waals surface area contributed by atoms with E-state index in [0.29, 0.717) is 18.9 Å². The maximum atomic E-state index is 13.0. The molecule has 1 fully saturated rings. The first-order valence-corrected chi connectivity index (χ1v) is 10.4. The van der Waals surface area contributed by atoms with E-state index >= 15 is 0 Å². The fraction of sp³-hybridized carbons (Fsp3) is 0.458. The van der Waals surface area contributed by atoms with Crippen LogP contribution in [0, 0.1) is 5.92 Å². The smallest absolute Gasteiger partial charge is 0.226 e. The van der Waals surface area contributed by atoms with Crippen LogP contribution in [0.3, 0.4) is 0 Å². The minimum absolute atomic E-state index is 0.127. The lowest BCUT2D eigenvalue weighted by molar-refractivity contribution is -0.136. The van der Waals surface area contributed by atoms with Crippen molar-refractivity contribution in [2.75, 3.05) is 27.4 Å². The molecule has 5 nitrogen and oxygen atoms in total. The molecule has 1 aliphatic heterocycles. The number of amides is 1. The van der Waals surface area contributed by atoms with Crippen molar-refractivity contribution >= 4 is 5.91 Å². The van der Waals surface area contributed by atoms with E-state index in [4.69, 9.17) is 14.2 Å². The molecule has 2 aromatic rings. The molecule has 1 atom stereocenters. The van der Waals surface area contributed by atoms with E-state index in [2.05, 4.69) is 19.1 Å². The third-order valence-electron chi connectivity index (χ3n) is 5.95. The van der Waals surface area contributed by atoms with Gasteiger partial charge in [0.05, 0.1) is 20.3 Å². The van der Waals surface area contributed by atoms with Gasteiger partial charge >= 0.3 is 0 Å². The molecule has 1 saturated carbocycles. The van der Waals surface area contributed by atoms with Gasteiger partial charge in [-0.2, -0.15) is 0 Å². The van der Waals surface area contributed by atoms with E-state index < -0.39 is 0 Å². The van der Waals surface area contributed by atoms with Gasteiger partial charge < -0.3 is 19.1 Å². The minimum atomic E-state index is -0.127. The summed E-state index contributed by atoms with van der Waals surface area (Å²) in [5.41, 5.74) is 3.56. The Morgan fingerprint density at radius 2 is 1.76 bits per heavy atom. The largest absolute Gasteiger partial charge is 0.493 e. The predicted molar refractivity (Wildman–Crippen MR) is 112 cm³/mol. The van der Waals surface area contributed by atoms with Gasteiger partial charge in [0.15, 0.2) is 11.5 Å². The highest BCUT2D eigenvalue weighted by molar-refractivity contribution is 5.82. The van der Waals surface area contributed by atoms with Crippen molar-refractivity contribution in [1.29, 1.82) is 0 Å².